The number of aliphatic hydroxyl groups is 1. The molecule has 1 saturated heterocycles. The molecule has 36 heavy (non-hydrogen) atoms. The van der Waals surface area contributed by atoms with Crippen LogP contribution in [0.5, 0.6) is 17.2 Å². The van der Waals surface area contributed by atoms with Crippen molar-refractivity contribution in [2.24, 2.45) is 0 Å². The fraction of sp³-hybridized carbons (Fsp3) is 0.286. The van der Waals surface area contributed by atoms with Crippen molar-refractivity contribution < 1.29 is 28.9 Å². The summed E-state index contributed by atoms with van der Waals surface area (Å²) >= 11 is 1.43. The second kappa shape index (κ2) is 10.9. The summed E-state index contributed by atoms with van der Waals surface area (Å²) in [6.45, 7) is 4.66. The monoisotopic (exact) mass is 507 g/mol. The molecular formula is C28H29NO6S. The van der Waals surface area contributed by atoms with Crippen molar-refractivity contribution in [1.29, 1.82) is 0 Å². The Hall–Kier alpha value is -3.78. The van der Waals surface area contributed by atoms with Gasteiger partial charge in [-0.3, -0.25) is 9.59 Å². The van der Waals surface area contributed by atoms with Gasteiger partial charge in [0.25, 0.3) is 11.7 Å². The molecule has 0 radical (unpaired) electrons. The molecule has 1 aliphatic heterocycles. The predicted molar refractivity (Wildman–Crippen MR) is 139 cm³/mol. The van der Waals surface area contributed by atoms with Crippen LogP contribution in [0.1, 0.15) is 41.0 Å². The summed E-state index contributed by atoms with van der Waals surface area (Å²) in [6, 6.07) is 13.6. The summed E-state index contributed by atoms with van der Waals surface area (Å²) in [4.78, 5) is 28.8. The Morgan fingerprint density at radius 2 is 1.78 bits per heavy atom. The number of hydrogen-bond acceptors (Lipinski definition) is 7. The molecular weight excluding hydrogens is 478 g/mol. The molecule has 0 spiro atoms. The third-order valence-corrected chi connectivity index (χ3v) is 6.99. The minimum Gasteiger partial charge on any atom is -0.507 e. The highest BCUT2D eigenvalue weighted by Crippen LogP contribution is 2.42. The number of likely N-dealkylation sites (tertiary alicyclic amines) is 1. The van der Waals surface area contributed by atoms with Gasteiger partial charge in [-0.1, -0.05) is 19.1 Å². The Morgan fingerprint density at radius 1 is 1.03 bits per heavy atom. The lowest BCUT2D eigenvalue weighted by atomic mass is 9.98. The maximum atomic E-state index is 13.3. The van der Waals surface area contributed by atoms with Crippen LogP contribution < -0.4 is 14.2 Å². The third kappa shape index (κ3) is 4.81. The van der Waals surface area contributed by atoms with Crippen molar-refractivity contribution in [2.45, 2.75) is 32.9 Å². The topological polar surface area (TPSA) is 85.3 Å². The fourth-order valence-electron chi connectivity index (χ4n) is 4.29. The Labute approximate surface area is 214 Å². The largest absolute Gasteiger partial charge is 0.507 e. The van der Waals surface area contributed by atoms with Gasteiger partial charge in [0.2, 0.25) is 0 Å². The number of rotatable bonds is 9. The van der Waals surface area contributed by atoms with Gasteiger partial charge in [0.15, 0.2) is 11.5 Å². The van der Waals surface area contributed by atoms with E-state index in [4.69, 9.17) is 14.2 Å². The molecule has 7 nitrogen and oxygen atoms in total. The summed E-state index contributed by atoms with van der Waals surface area (Å²) in [7, 11) is 3.09. The number of aliphatic hydroxyl groups excluding tert-OH is 1. The predicted octanol–water partition coefficient (Wildman–Crippen LogP) is 5.48. The van der Waals surface area contributed by atoms with Crippen molar-refractivity contribution in [3.63, 3.8) is 0 Å². The molecule has 3 aromatic rings. The van der Waals surface area contributed by atoms with Gasteiger partial charge >= 0.3 is 0 Å². The average Bonchev–Trinajstić information content (AvgIpc) is 3.50. The van der Waals surface area contributed by atoms with Crippen LogP contribution in [0.25, 0.3) is 5.76 Å². The first kappa shape index (κ1) is 25.3. The van der Waals surface area contributed by atoms with Crippen LogP contribution in [0, 0.1) is 6.92 Å². The minimum absolute atomic E-state index is 0.0737. The molecule has 1 atom stereocenters. The lowest BCUT2D eigenvalue weighted by Crippen LogP contribution is -2.28. The lowest BCUT2D eigenvalue weighted by molar-refractivity contribution is -0.140. The van der Waals surface area contributed by atoms with Gasteiger partial charge in [-0.25, -0.2) is 0 Å². The second-order valence-electron chi connectivity index (χ2n) is 8.46. The Morgan fingerprint density at radius 3 is 2.42 bits per heavy atom. The van der Waals surface area contributed by atoms with E-state index in [1.54, 1.807) is 44.6 Å². The van der Waals surface area contributed by atoms with Crippen LogP contribution >= 0.6 is 11.3 Å². The number of benzene rings is 2. The number of carbonyl (C=O) groups excluding carboxylic acids is 2. The van der Waals surface area contributed by atoms with Gasteiger partial charge in [-0.15, -0.1) is 11.3 Å². The van der Waals surface area contributed by atoms with E-state index in [-0.39, 0.29) is 17.9 Å². The van der Waals surface area contributed by atoms with Gasteiger partial charge in [-0.2, -0.15) is 0 Å². The number of Topliss-reactive ketones (excluding diaryl/α,β-unsaturated/α-hetero) is 1. The molecule has 1 N–H and O–H groups in total. The molecule has 4 rings (SSSR count). The van der Waals surface area contributed by atoms with Crippen LogP contribution in [0.3, 0.4) is 0 Å². The van der Waals surface area contributed by atoms with Gasteiger partial charge in [0.05, 0.1) is 32.4 Å². The van der Waals surface area contributed by atoms with E-state index in [2.05, 4.69) is 0 Å². The summed E-state index contributed by atoms with van der Waals surface area (Å²) in [5.41, 5.74) is 2.13. The van der Waals surface area contributed by atoms with Crippen LogP contribution in [0.4, 0.5) is 0 Å². The molecule has 8 heteroatoms. The van der Waals surface area contributed by atoms with E-state index >= 15 is 0 Å². The second-order valence-corrected chi connectivity index (χ2v) is 9.44. The number of amides is 1. The molecule has 0 bridgehead atoms. The van der Waals surface area contributed by atoms with Gasteiger partial charge < -0.3 is 24.2 Å². The highest BCUT2D eigenvalue weighted by Gasteiger charge is 2.46. The lowest BCUT2D eigenvalue weighted by Gasteiger charge is -2.24. The van der Waals surface area contributed by atoms with E-state index in [1.165, 1.54) is 16.2 Å². The summed E-state index contributed by atoms with van der Waals surface area (Å²) in [5, 5.41) is 13.2. The van der Waals surface area contributed by atoms with Crippen molar-refractivity contribution >= 4 is 28.8 Å². The molecule has 1 unspecified atom stereocenters. The van der Waals surface area contributed by atoms with Crippen LogP contribution in [0.2, 0.25) is 0 Å². The standard InChI is InChI=1S/C28H29NO6S/c1-5-12-35-20-11-9-19(14-17(20)2)26(30)24-25(23-7-6-13-36-23)29(28(32)27(24)31)16-18-8-10-21(33-3)22(15-18)34-4/h6-11,13-15,25,30H,5,12,16H2,1-4H3/b26-24-. The zero-order chi connectivity index (χ0) is 25.8. The summed E-state index contributed by atoms with van der Waals surface area (Å²) in [6.07, 6.45) is 0.880. The van der Waals surface area contributed by atoms with E-state index in [9.17, 15) is 14.7 Å². The minimum atomic E-state index is -0.713. The molecule has 2 aromatic carbocycles. The zero-order valence-corrected chi connectivity index (χ0v) is 21.6. The van der Waals surface area contributed by atoms with E-state index < -0.39 is 17.7 Å². The molecule has 188 valence electrons. The van der Waals surface area contributed by atoms with Gasteiger partial charge in [0, 0.05) is 17.0 Å². The fourth-order valence-corrected chi connectivity index (χ4v) is 5.13. The van der Waals surface area contributed by atoms with Crippen LogP contribution in [-0.2, 0) is 16.1 Å². The SMILES string of the molecule is CCCOc1ccc(/C(O)=C2/C(=O)C(=O)N(Cc3ccc(OC)c(OC)c3)C2c2cccs2)cc1C. The molecule has 0 aliphatic carbocycles. The van der Waals surface area contributed by atoms with Gasteiger partial charge in [-0.05, 0) is 66.2 Å². The number of methoxy groups -OCH3 is 2. The number of carbonyl (C=O) groups is 2. The van der Waals surface area contributed by atoms with E-state index in [1.807, 2.05) is 37.4 Å². The number of ketones is 1. The Balaban J connectivity index is 1.76. The van der Waals surface area contributed by atoms with Crippen LogP contribution in [0.15, 0.2) is 59.5 Å². The first-order chi connectivity index (χ1) is 17.4. The van der Waals surface area contributed by atoms with E-state index in [0.29, 0.717) is 23.7 Å². The molecule has 1 fully saturated rings. The highest BCUT2D eigenvalue weighted by atomic mass is 32.1. The number of ether oxygens (including phenoxy) is 3. The quantitative estimate of drug-likeness (QED) is 0.234. The normalized spacial score (nSPS) is 16.9. The van der Waals surface area contributed by atoms with E-state index in [0.717, 1.165) is 28.2 Å². The Bertz CT molecular complexity index is 1300. The zero-order valence-electron chi connectivity index (χ0n) is 20.7. The molecule has 2 heterocycles. The molecule has 0 saturated carbocycles. The number of nitrogens with zero attached hydrogens (tertiary/aromatic N) is 1. The molecule has 1 aromatic heterocycles. The van der Waals surface area contributed by atoms with Crippen molar-refractivity contribution in [3.05, 3.63) is 81.1 Å². The number of hydrogen-bond donors (Lipinski definition) is 1. The van der Waals surface area contributed by atoms with Gasteiger partial charge in [0.1, 0.15) is 11.5 Å². The molecule has 1 aliphatic rings. The first-order valence-electron chi connectivity index (χ1n) is 11.7. The molecule has 1 amide bonds. The third-order valence-electron chi connectivity index (χ3n) is 6.06. The number of aryl methyl sites for hydroxylation is 1. The summed E-state index contributed by atoms with van der Waals surface area (Å²) < 4.78 is 16.4. The number of thiophene rings is 1. The maximum absolute atomic E-state index is 13.3. The maximum Gasteiger partial charge on any atom is 0.295 e. The van der Waals surface area contributed by atoms with Crippen molar-refractivity contribution in [3.8, 4) is 17.2 Å². The first-order valence-corrected chi connectivity index (χ1v) is 12.5. The van der Waals surface area contributed by atoms with Crippen molar-refractivity contribution in [2.75, 3.05) is 20.8 Å². The van der Waals surface area contributed by atoms with Crippen LogP contribution in [-0.4, -0.2) is 42.5 Å². The smallest absolute Gasteiger partial charge is 0.295 e. The Kier molecular flexibility index (Phi) is 7.64. The highest BCUT2D eigenvalue weighted by molar-refractivity contribution is 7.10. The van der Waals surface area contributed by atoms with Crippen molar-refractivity contribution in [1.82, 2.24) is 4.90 Å². The average molecular weight is 508 g/mol. The summed E-state index contributed by atoms with van der Waals surface area (Å²) in [5.74, 6) is 0.239.